The topological polar surface area (TPSA) is 33.2 Å². The highest BCUT2D eigenvalue weighted by Gasteiger charge is 2.41. The summed E-state index contributed by atoms with van der Waals surface area (Å²) in [4.78, 5) is 18.5. The number of carbonyl (C=O) groups is 1. The number of halogens is 8. The van der Waals surface area contributed by atoms with Crippen LogP contribution in [0.3, 0.4) is 0 Å². The van der Waals surface area contributed by atoms with E-state index in [-0.39, 0.29) is 22.5 Å². The second kappa shape index (κ2) is 9.38. The van der Waals surface area contributed by atoms with E-state index >= 15 is 0 Å². The van der Waals surface area contributed by atoms with E-state index in [2.05, 4.69) is 4.98 Å². The fourth-order valence-corrected chi connectivity index (χ4v) is 3.93. The molecule has 0 atom stereocenters. The van der Waals surface area contributed by atoms with Crippen molar-refractivity contribution in [1.82, 2.24) is 4.98 Å². The number of anilines is 1. The Bertz CT molecular complexity index is 1280. The highest BCUT2D eigenvalue weighted by atomic mass is 35.5. The fourth-order valence-electron chi connectivity index (χ4n) is 3.77. The van der Waals surface area contributed by atoms with Gasteiger partial charge in [-0.2, -0.15) is 26.3 Å². The summed E-state index contributed by atoms with van der Waals surface area (Å²) in [7, 11) is 1.30. The molecule has 3 aromatic rings. The van der Waals surface area contributed by atoms with Crippen molar-refractivity contribution in [2.75, 3.05) is 11.9 Å². The third kappa shape index (κ3) is 5.33. The zero-order valence-electron chi connectivity index (χ0n) is 19.4. The molecule has 36 heavy (non-hydrogen) atoms. The van der Waals surface area contributed by atoms with Gasteiger partial charge in [0.1, 0.15) is 11.0 Å². The minimum Gasteiger partial charge on any atom is -0.313 e. The molecule has 0 aliphatic heterocycles. The van der Waals surface area contributed by atoms with E-state index in [0.717, 1.165) is 4.90 Å². The Labute approximate surface area is 207 Å². The molecular formula is C25H20ClF7N2O. The van der Waals surface area contributed by atoms with Crippen LogP contribution in [0.2, 0.25) is 5.15 Å². The van der Waals surface area contributed by atoms with Crippen LogP contribution in [0, 0.1) is 12.7 Å². The van der Waals surface area contributed by atoms with E-state index in [9.17, 15) is 35.5 Å². The van der Waals surface area contributed by atoms with Gasteiger partial charge in [0, 0.05) is 12.6 Å². The number of hydrogen-bond acceptors (Lipinski definition) is 2. The Morgan fingerprint density at radius 3 is 1.94 bits per heavy atom. The molecule has 192 valence electrons. The molecule has 2 aromatic carbocycles. The van der Waals surface area contributed by atoms with Crippen molar-refractivity contribution in [2.24, 2.45) is 0 Å². The SMILES string of the molecule is Cc1c(F)cccc1-c1cc(Cl)ncc1N(C)C(=O)C(C)(C)c1cc(C(F)(F)F)cc(C(F)(F)F)c1. The number of alkyl halides is 6. The van der Waals surface area contributed by atoms with Crippen LogP contribution in [0.25, 0.3) is 11.1 Å². The van der Waals surface area contributed by atoms with E-state index in [1.165, 1.54) is 52.2 Å². The minimum absolute atomic E-state index is 0.00170. The minimum atomic E-state index is -5.07. The number of carbonyl (C=O) groups excluding carboxylic acids is 1. The molecule has 1 aromatic heterocycles. The van der Waals surface area contributed by atoms with Crippen LogP contribution < -0.4 is 4.90 Å². The lowest BCUT2D eigenvalue weighted by Crippen LogP contribution is -2.42. The third-order valence-electron chi connectivity index (χ3n) is 5.92. The molecule has 0 spiro atoms. The largest absolute Gasteiger partial charge is 0.416 e. The Balaban J connectivity index is 2.15. The summed E-state index contributed by atoms with van der Waals surface area (Å²) in [6.07, 6.45) is -8.91. The molecule has 0 radical (unpaired) electrons. The average molecular weight is 533 g/mol. The zero-order chi connectivity index (χ0) is 27.2. The molecule has 0 aliphatic carbocycles. The van der Waals surface area contributed by atoms with Gasteiger partial charge in [0.25, 0.3) is 0 Å². The van der Waals surface area contributed by atoms with Crippen molar-refractivity contribution in [3.63, 3.8) is 0 Å². The van der Waals surface area contributed by atoms with Crippen LogP contribution in [0.15, 0.2) is 48.7 Å². The Morgan fingerprint density at radius 2 is 1.42 bits per heavy atom. The molecule has 0 saturated carbocycles. The van der Waals surface area contributed by atoms with Gasteiger partial charge in [0.15, 0.2) is 0 Å². The molecule has 1 amide bonds. The second-order valence-electron chi connectivity index (χ2n) is 8.72. The average Bonchev–Trinajstić information content (AvgIpc) is 2.78. The number of benzene rings is 2. The maximum Gasteiger partial charge on any atom is 0.416 e. The first-order valence-corrected chi connectivity index (χ1v) is 10.8. The zero-order valence-corrected chi connectivity index (χ0v) is 20.2. The van der Waals surface area contributed by atoms with Gasteiger partial charge >= 0.3 is 12.4 Å². The number of rotatable bonds is 4. The van der Waals surface area contributed by atoms with Crippen molar-refractivity contribution in [2.45, 2.75) is 38.5 Å². The molecule has 0 aliphatic rings. The summed E-state index contributed by atoms with van der Waals surface area (Å²) in [5.74, 6) is -1.35. The summed E-state index contributed by atoms with van der Waals surface area (Å²) >= 11 is 6.03. The van der Waals surface area contributed by atoms with Gasteiger partial charge in [-0.05, 0) is 67.8 Å². The number of pyridine rings is 1. The Hall–Kier alpha value is -3.14. The normalized spacial score (nSPS) is 12.6. The Kier molecular flexibility index (Phi) is 7.16. The van der Waals surface area contributed by atoms with Gasteiger partial charge in [0.05, 0.1) is 28.4 Å². The third-order valence-corrected chi connectivity index (χ3v) is 6.12. The molecule has 11 heteroatoms. The molecule has 3 nitrogen and oxygen atoms in total. The molecule has 0 unspecified atom stereocenters. The lowest BCUT2D eigenvalue weighted by Gasteiger charge is -2.32. The van der Waals surface area contributed by atoms with Crippen molar-refractivity contribution in [3.05, 3.63) is 81.9 Å². The summed E-state index contributed by atoms with van der Waals surface area (Å²) < 4.78 is 94.5. The van der Waals surface area contributed by atoms with Gasteiger partial charge in [-0.25, -0.2) is 9.37 Å². The van der Waals surface area contributed by atoms with Crippen molar-refractivity contribution >= 4 is 23.2 Å². The maximum absolute atomic E-state index is 14.2. The molecule has 0 fully saturated rings. The number of amides is 1. The monoisotopic (exact) mass is 532 g/mol. The van der Waals surface area contributed by atoms with E-state index < -0.39 is 46.2 Å². The first-order chi connectivity index (χ1) is 16.4. The smallest absolute Gasteiger partial charge is 0.313 e. The van der Waals surface area contributed by atoms with Gasteiger partial charge < -0.3 is 4.90 Å². The predicted octanol–water partition coefficient (Wildman–Crippen LogP) is 7.83. The lowest BCUT2D eigenvalue weighted by atomic mass is 9.81. The summed E-state index contributed by atoms with van der Waals surface area (Å²) in [5, 5.41) is 0.0326. The standard InChI is InChI=1S/C25H20ClF7N2O/c1-13-17(6-5-7-19(13)27)18-11-21(26)34-12-20(18)35(4)22(36)23(2,3)14-8-15(24(28,29)30)10-16(9-14)25(31,32)33/h5-12H,1-4H3. The van der Waals surface area contributed by atoms with Gasteiger partial charge in [-0.15, -0.1) is 0 Å². The number of hydrogen-bond donors (Lipinski definition) is 0. The highest BCUT2D eigenvalue weighted by molar-refractivity contribution is 6.29. The molecule has 3 rings (SSSR count). The summed E-state index contributed by atoms with van der Waals surface area (Å²) in [6.45, 7) is 3.95. The van der Waals surface area contributed by atoms with E-state index in [1.54, 1.807) is 6.07 Å². The molecule has 0 N–H and O–H groups in total. The summed E-state index contributed by atoms with van der Waals surface area (Å²) in [5.41, 5.74) is -4.30. The van der Waals surface area contributed by atoms with Crippen molar-refractivity contribution < 1.29 is 35.5 Å². The highest BCUT2D eigenvalue weighted by Crippen LogP contribution is 2.41. The van der Waals surface area contributed by atoms with Crippen molar-refractivity contribution in [1.29, 1.82) is 0 Å². The van der Waals surface area contributed by atoms with Gasteiger partial charge in [-0.1, -0.05) is 23.7 Å². The van der Waals surface area contributed by atoms with Crippen LogP contribution in [0.1, 0.15) is 36.1 Å². The number of nitrogens with zero attached hydrogens (tertiary/aromatic N) is 2. The molecule has 0 bridgehead atoms. The van der Waals surface area contributed by atoms with Gasteiger partial charge in [-0.3, -0.25) is 4.79 Å². The van der Waals surface area contributed by atoms with E-state index in [4.69, 9.17) is 11.6 Å². The van der Waals surface area contributed by atoms with Crippen LogP contribution in [-0.2, 0) is 22.6 Å². The maximum atomic E-state index is 14.2. The van der Waals surface area contributed by atoms with Crippen molar-refractivity contribution in [3.8, 4) is 11.1 Å². The molecule has 1 heterocycles. The molecule has 0 saturated heterocycles. The summed E-state index contributed by atoms with van der Waals surface area (Å²) in [6, 6.07) is 6.72. The first kappa shape index (κ1) is 27.4. The lowest BCUT2D eigenvalue weighted by molar-refractivity contribution is -0.143. The predicted molar refractivity (Wildman–Crippen MR) is 122 cm³/mol. The van der Waals surface area contributed by atoms with Crippen LogP contribution >= 0.6 is 11.6 Å². The van der Waals surface area contributed by atoms with Crippen LogP contribution in [-0.4, -0.2) is 17.9 Å². The van der Waals surface area contributed by atoms with Gasteiger partial charge in [0.2, 0.25) is 5.91 Å². The fraction of sp³-hybridized carbons (Fsp3) is 0.280. The molecular weight excluding hydrogens is 513 g/mol. The number of aromatic nitrogens is 1. The van der Waals surface area contributed by atoms with E-state index in [1.807, 2.05) is 0 Å². The quantitative estimate of drug-likeness (QED) is 0.253. The number of likely N-dealkylation sites (N-methyl/N-ethyl adjacent to an activating group) is 1. The second-order valence-corrected chi connectivity index (χ2v) is 9.11. The van der Waals surface area contributed by atoms with Crippen LogP contribution in [0.5, 0.6) is 0 Å². The Morgan fingerprint density at radius 1 is 0.889 bits per heavy atom. The van der Waals surface area contributed by atoms with Crippen LogP contribution in [0.4, 0.5) is 36.4 Å². The first-order valence-electron chi connectivity index (χ1n) is 10.4. The van der Waals surface area contributed by atoms with E-state index in [0.29, 0.717) is 23.3 Å².